The maximum Gasteiger partial charge on any atom is 0.234 e. The van der Waals surface area contributed by atoms with Crippen molar-refractivity contribution in [2.45, 2.75) is 62.8 Å². The molecule has 26 heavy (non-hydrogen) atoms. The molecule has 0 spiro atoms. The number of hydrogen-bond acceptors (Lipinski definition) is 6. The van der Waals surface area contributed by atoms with Crippen molar-refractivity contribution >= 4 is 11.8 Å². The first kappa shape index (κ1) is 19.5. The summed E-state index contributed by atoms with van der Waals surface area (Å²) in [4.78, 5) is 26.4. The van der Waals surface area contributed by atoms with Crippen LogP contribution in [0.5, 0.6) is 0 Å². The number of aliphatic hydroxyl groups excluding tert-OH is 1. The van der Waals surface area contributed by atoms with Gasteiger partial charge in [-0.15, -0.1) is 0 Å². The van der Waals surface area contributed by atoms with Gasteiger partial charge in [0.25, 0.3) is 0 Å². The zero-order valence-corrected chi connectivity index (χ0v) is 15.3. The first-order valence-corrected chi connectivity index (χ1v) is 9.79. The summed E-state index contributed by atoms with van der Waals surface area (Å²) in [7, 11) is 0. The van der Waals surface area contributed by atoms with Crippen LogP contribution in [0.4, 0.5) is 0 Å². The van der Waals surface area contributed by atoms with Crippen LogP contribution >= 0.6 is 0 Å². The van der Waals surface area contributed by atoms with Gasteiger partial charge in [-0.05, 0) is 32.1 Å². The first-order chi connectivity index (χ1) is 12.6. The van der Waals surface area contributed by atoms with E-state index in [1.807, 2.05) is 0 Å². The predicted molar refractivity (Wildman–Crippen MR) is 94.6 cm³/mol. The van der Waals surface area contributed by atoms with Gasteiger partial charge >= 0.3 is 0 Å². The van der Waals surface area contributed by atoms with Crippen LogP contribution in [0.25, 0.3) is 0 Å². The molecule has 3 aliphatic rings. The molecule has 0 bridgehead atoms. The van der Waals surface area contributed by atoms with Crippen molar-refractivity contribution in [2.75, 3.05) is 39.5 Å². The molecule has 2 aliphatic heterocycles. The van der Waals surface area contributed by atoms with Crippen LogP contribution in [-0.4, -0.2) is 85.6 Å². The number of carbonyl (C=O) groups is 2. The average Bonchev–Trinajstić information content (AvgIpc) is 2.60. The third kappa shape index (κ3) is 5.64. The van der Waals surface area contributed by atoms with Crippen LogP contribution in [0, 0.1) is 0 Å². The number of aliphatic hydroxyl groups is 1. The van der Waals surface area contributed by atoms with E-state index in [0.29, 0.717) is 45.1 Å². The molecular formula is C18H31N3O5. The average molecular weight is 369 g/mol. The van der Waals surface area contributed by atoms with Crippen molar-refractivity contribution in [3.05, 3.63) is 0 Å². The lowest BCUT2D eigenvalue weighted by Crippen LogP contribution is -2.54. The van der Waals surface area contributed by atoms with Gasteiger partial charge in [0.05, 0.1) is 44.9 Å². The molecule has 0 aromatic carbocycles. The summed E-state index contributed by atoms with van der Waals surface area (Å²) in [5, 5.41) is 15.6. The van der Waals surface area contributed by atoms with Gasteiger partial charge in [0.1, 0.15) is 6.10 Å². The highest BCUT2D eigenvalue weighted by molar-refractivity contribution is 5.78. The van der Waals surface area contributed by atoms with Crippen molar-refractivity contribution in [2.24, 2.45) is 0 Å². The number of morpholine rings is 1. The number of carbonyl (C=O) groups excluding carboxylic acids is 2. The summed E-state index contributed by atoms with van der Waals surface area (Å²) in [5.74, 6) is -0.0358. The zero-order chi connectivity index (χ0) is 18.4. The van der Waals surface area contributed by atoms with Gasteiger partial charge < -0.3 is 25.2 Å². The minimum atomic E-state index is -0.459. The van der Waals surface area contributed by atoms with Crippen molar-refractivity contribution in [3.63, 3.8) is 0 Å². The van der Waals surface area contributed by atoms with Crippen LogP contribution in [0.3, 0.4) is 0 Å². The summed E-state index contributed by atoms with van der Waals surface area (Å²) in [6, 6.07) is 0.117. The molecule has 2 heterocycles. The summed E-state index contributed by atoms with van der Waals surface area (Å²) >= 11 is 0. The van der Waals surface area contributed by atoms with Crippen molar-refractivity contribution in [1.29, 1.82) is 0 Å². The van der Waals surface area contributed by atoms with Gasteiger partial charge in [-0.1, -0.05) is 0 Å². The number of rotatable bonds is 7. The standard InChI is InChI=1S/C18H31N3O5/c22-12-16-15(20-18(24)11-21-6-8-25-9-7-21)5-4-14(26-16)10-17(23)19-13-2-1-3-13/h13-16,22H,1-12H2,(H,19,23)(H,20,24)/t14-,15-,16-/m1/s1. The number of nitrogens with one attached hydrogen (secondary N) is 2. The molecule has 3 rings (SSSR count). The Bertz CT molecular complexity index is 479. The summed E-state index contributed by atoms with van der Waals surface area (Å²) < 4.78 is 11.2. The van der Waals surface area contributed by atoms with Gasteiger partial charge in [0.2, 0.25) is 11.8 Å². The Balaban J connectivity index is 1.40. The Hall–Kier alpha value is -1.22. The number of hydrogen-bond donors (Lipinski definition) is 3. The lowest BCUT2D eigenvalue weighted by molar-refractivity contribution is -0.137. The number of nitrogens with zero attached hydrogens (tertiary/aromatic N) is 1. The van der Waals surface area contributed by atoms with Crippen LogP contribution in [0.15, 0.2) is 0 Å². The van der Waals surface area contributed by atoms with Gasteiger partial charge in [0.15, 0.2) is 0 Å². The highest BCUT2D eigenvalue weighted by Crippen LogP contribution is 2.23. The lowest BCUT2D eigenvalue weighted by Gasteiger charge is -2.37. The maximum absolute atomic E-state index is 12.3. The van der Waals surface area contributed by atoms with E-state index in [1.54, 1.807) is 0 Å². The Kier molecular flexibility index (Phi) is 7.24. The highest BCUT2D eigenvalue weighted by Gasteiger charge is 2.33. The summed E-state index contributed by atoms with van der Waals surface area (Å²) in [5.41, 5.74) is 0. The molecule has 0 radical (unpaired) electrons. The fourth-order valence-corrected chi connectivity index (χ4v) is 3.71. The Morgan fingerprint density at radius 2 is 1.81 bits per heavy atom. The molecule has 8 nitrogen and oxygen atoms in total. The maximum atomic E-state index is 12.3. The molecule has 0 aromatic heterocycles. The SMILES string of the molecule is O=C(C[C@H]1CC[C@@H](NC(=O)CN2CCOCC2)[C@@H](CO)O1)NC1CCC1. The Morgan fingerprint density at radius 3 is 2.46 bits per heavy atom. The molecule has 3 fully saturated rings. The minimum Gasteiger partial charge on any atom is -0.394 e. The minimum absolute atomic E-state index is 0.0196. The van der Waals surface area contributed by atoms with Crippen LogP contribution in [-0.2, 0) is 19.1 Å². The largest absolute Gasteiger partial charge is 0.394 e. The molecule has 3 N–H and O–H groups in total. The highest BCUT2D eigenvalue weighted by atomic mass is 16.5. The topological polar surface area (TPSA) is 100 Å². The molecule has 0 unspecified atom stereocenters. The Labute approximate surface area is 154 Å². The fraction of sp³-hybridized carbons (Fsp3) is 0.889. The second-order valence-electron chi connectivity index (χ2n) is 7.52. The monoisotopic (exact) mass is 369 g/mol. The number of amides is 2. The van der Waals surface area contributed by atoms with Crippen LogP contribution in [0.2, 0.25) is 0 Å². The van der Waals surface area contributed by atoms with Crippen molar-refractivity contribution < 1.29 is 24.2 Å². The van der Waals surface area contributed by atoms with Crippen LogP contribution in [0.1, 0.15) is 38.5 Å². The molecule has 2 saturated heterocycles. The molecule has 8 heteroatoms. The molecule has 148 valence electrons. The van der Waals surface area contributed by atoms with E-state index in [1.165, 1.54) is 6.42 Å². The zero-order valence-electron chi connectivity index (χ0n) is 15.3. The third-order valence-corrected chi connectivity index (χ3v) is 5.50. The van der Waals surface area contributed by atoms with Crippen molar-refractivity contribution in [1.82, 2.24) is 15.5 Å². The van der Waals surface area contributed by atoms with Gasteiger partial charge in [0, 0.05) is 19.1 Å². The van der Waals surface area contributed by atoms with Gasteiger partial charge in [-0.3, -0.25) is 14.5 Å². The third-order valence-electron chi connectivity index (χ3n) is 5.50. The Morgan fingerprint density at radius 1 is 1.04 bits per heavy atom. The van der Waals surface area contributed by atoms with Gasteiger partial charge in [-0.25, -0.2) is 0 Å². The molecule has 1 aliphatic carbocycles. The molecule has 3 atom stereocenters. The smallest absolute Gasteiger partial charge is 0.234 e. The quantitative estimate of drug-likeness (QED) is 0.554. The van der Waals surface area contributed by atoms with Crippen molar-refractivity contribution in [3.8, 4) is 0 Å². The van der Waals surface area contributed by atoms with E-state index in [0.717, 1.165) is 25.9 Å². The second-order valence-corrected chi connectivity index (χ2v) is 7.52. The first-order valence-electron chi connectivity index (χ1n) is 9.79. The van der Waals surface area contributed by atoms with E-state index < -0.39 is 6.10 Å². The summed E-state index contributed by atoms with van der Waals surface area (Å²) in [6.07, 6.45) is 4.39. The molecule has 1 saturated carbocycles. The lowest BCUT2D eigenvalue weighted by atomic mass is 9.92. The van der Waals surface area contributed by atoms with E-state index >= 15 is 0 Å². The van der Waals surface area contributed by atoms with Gasteiger partial charge in [-0.2, -0.15) is 0 Å². The normalized spacial score (nSPS) is 30.4. The van der Waals surface area contributed by atoms with Crippen LogP contribution < -0.4 is 10.6 Å². The van der Waals surface area contributed by atoms with E-state index in [-0.39, 0.29) is 30.6 Å². The fourth-order valence-electron chi connectivity index (χ4n) is 3.71. The number of ether oxygens (including phenoxy) is 2. The molecular weight excluding hydrogens is 338 g/mol. The van der Waals surface area contributed by atoms with E-state index in [4.69, 9.17) is 9.47 Å². The molecule has 0 aromatic rings. The second kappa shape index (κ2) is 9.64. The van der Waals surface area contributed by atoms with E-state index in [9.17, 15) is 14.7 Å². The molecule has 2 amide bonds. The summed E-state index contributed by atoms with van der Waals surface area (Å²) in [6.45, 7) is 3.01. The predicted octanol–water partition coefficient (Wildman–Crippen LogP) is -0.598. The van der Waals surface area contributed by atoms with E-state index in [2.05, 4.69) is 15.5 Å².